The largest absolute Gasteiger partial charge is 0.192 e. The van der Waals surface area contributed by atoms with Gasteiger partial charge in [0.05, 0.1) is 11.6 Å². The van der Waals surface area contributed by atoms with Gasteiger partial charge in [0.25, 0.3) is 0 Å². The van der Waals surface area contributed by atoms with Gasteiger partial charge in [0, 0.05) is 4.47 Å². The summed E-state index contributed by atoms with van der Waals surface area (Å²) in [7, 11) is 0. The van der Waals surface area contributed by atoms with Crippen molar-refractivity contribution >= 4 is 26.7 Å². The van der Waals surface area contributed by atoms with E-state index in [1.807, 2.05) is 36.4 Å². The molecule has 0 spiro atoms. The Labute approximate surface area is 120 Å². The third-order valence-corrected chi connectivity index (χ3v) is 3.89. The van der Waals surface area contributed by atoms with Gasteiger partial charge in [-0.25, -0.2) is 0 Å². The molecule has 0 saturated carbocycles. The van der Waals surface area contributed by atoms with Crippen molar-refractivity contribution in [3.05, 3.63) is 70.7 Å². The lowest BCUT2D eigenvalue weighted by Gasteiger charge is -2.08. The first-order valence-corrected chi connectivity index (χ1v) is 6.76. The van der Waals surface area contributed by atoms with Gasteiger partial charge in [-0.2, -0.15) is 5.26 Å². The summed E-state index contributed by atoms with van der Waals surface area (Å²) in [5, 5.41) is 11.3. The van der Waals surface area contributed by atoms with Crippen molar-refractivity contribution in [2.24, 2.45) is 0 Å². The zero-order valence-corrected chi connectivity index (χ0v) is 11.7. The van der Waals surface area contributed by atoms with Gasteiger partial charge in [-0.3, -0.25) is 0 Å². The maximum Gasteiger partial charge on any atom is 0.0991 e. The summed E-state index contributed by atoms with van der Waals surface area (Å²) >= 11 is 3.58. The monoisotopic (exact) mass is 307 g/mol. The highest BCUT2D eigenvalue weighted by atomic mass is 79.9. The van der Waals surface area contributed by atoms with Crippen LogP contribution in [-0.2, 0) is 0 Å². The van der Waals surface area contributed by atoms with E-state index in [1.54, 1.807) is 0 Å². The van der Waals surface area contributed by atoms with Crippen molar-refractivity contribution in [1.29, 1.82) is 5.26 Å². The predicted molar refractivity (Wildman–Crippen MR) is 81.8 cm³/mol. The summed E-state index contributed by atoms with van der Waals surface area (Å²) in [6.45, 7) is 0. The minimum Gasteiger partial charge on any atom is -0.192 e. The summed E-state index contributed by atoms with van der Waals surface area (Å²) in [4.78, 5) is 0. The van der Waals surface area contributed by atoms with E-state index in [-0.39, 0.29) is 0 Å². The second kappa shape index (κ2) is 4.87. The lowest BCUT2D eigenvalue weighted by molar-refractivity contribution is 1.48. The third kappa shape index (κ3) is 2.14. The van der Waals surface area contributed by atoms with E-state index in [1.165, 1.54) is 16.3 Å². The van der Waals surface area contributed by atoms with Crippen LogP contribution in [0.1, 0.15) is 5.56 Å². The number of nitrogens with zero attached hydrogens (tertiary/aromatic N) is 1. The Morgan fingerprint density at radius 1 is 0.789 bits per heavy atom. The molecule has 3 aromatic rings. The highest BCUT2D eigenvalue weighted by Crippen LogP contribution is 2.33. The average molecular weight is 308 g/mol. The smallest absolute Gasteiger partial charge is 0.0991 e. The normalized spacial score (nSPS) is 10.3. The molecule has 3 rings (SSSR count). The van der Waals surface area contributed by atoms with Crippen molar-refractivity contribution in [2.75, 3.05) is 0 Å². The van der Waals surface area contributed by atoms with Crippen molar-refractivity contribution < 1.29 is 0 Å². The molecule has 0 saturated heterocycles. The van der Waals surface area contributed by atoms with Crippen LogP contribution in [0.5, 0.6) is 0 Å². The zero-order valence-electron chi connectivity index (χ0n) is 10.1. The second-order valence-electron chi connectivity index (χ2n) is 4.33. The van der Waals surface area contributed by atoms with E-state index < -0.39 is 0 Å². The molecule has 1 nitrogen and oxygen atoms in total. The molecule has 19 heavy (non-hydrogen) atoms. The second-order valence-corrected chi connectivity index (χ2v) is 5.18. The van der Waals surface area contributed by atoms with Crippen LogP contribution in [-0.4, -0.2) is 0 Å². The molecule has 90 valence electrons. The van der Waals surface area contributed by atoms with Gasteiger partial charge >= 0.3 is 0 Å². The van der Waals surface area contributed by atoms with Gasteiger partial charge in [-0.1, -0.05) is 58.4 Å². The van der Waals surface area contributed by atoms with Gasteiger partial charge in [0.2, 0.25) is 0 Å². The van der Waals surface area contributed by atoms with Gasteiger partial charge in [-0.15, -0.1) is 0 Å². The Kier molecular flexibility index (Phi) is 3.06. The number of halogens is 1. The molecule has 0 aliphatic rings. The van der Waals surface area contributed by atoms with E-state index in [2.05, 4.69) is 46.3 Å². The number of nitriles is 1. The number of hydrogen-bond acceptors (Lipinski definition) is 1. The molecule has 0 fully saturated rings. The molecule has 0 aliphatic carbocycles. The molecule has 0 aromatic heterocycles. The SMILES string of the molecule is N#Cc1ccc(-c2ccc(Br)c3ccccc23)cc1. The molecule has 0 radical (unpaired) electrons. The van der Waals surface area contributed by atoms with Crippen LogP contribution in [0.15, 0.2) is 65.1 Å². The van der Waals surface area contributed by atoms with E-state index in [9.17, 15) is 0 Å². The molecule has 0 heterocycles. The molecular weight excluding hydrogens is 298 g/mol. The average Bonchev–Trinajstić information content (AvgIpc) is 2.48. The molecule has 0 N–H and O–H groups in total. The Bertz CT molecular complexity index is 782. The van der Waals surface area contributed by atoms with E-state index in [0.29, 0.717) is 5.56 Å². The van der Waals surface area contributed by atoms with Gasteiger partial charge in [0.1, 0.15) is 0 Å². The highest BCUT2D eigenvalue weighted by molar-refractivity contribution is 9.10. The van der Waals surface area contributed by atoms with Crippen molar-refractivity contribution in [2.45, 2.75) is 0 Å². The van der Waals surface area contributed by atoms with Crippen LogP contribution >= 0.6 is 15.9 Å². The fraction of sp³-hybridized carbons (Fsp3) is 0. The topological polar surface area (TPSA) is 23.8 Å². The van der Waals surface area contributed by atoms with Crippen LogP contribution in [0.3, 0.4) is 0 Å². The first-order chi connectivity index (χ1) is 9.29. The third-order valence-electron chi connectivity index (χ3n) is 3.20. The number of benzene rings is 3. The first-order valence-electron chi connectivity index (χ1n) is 5.97. The van der Waals surface area contributed by atoms with Crippen molar-refractivity contribution in [3.63, 3.8) is 0 Å². The summed E-state index contributed by atoms with van der Waals surface area (Å²) in [6.07, 6.45) is 0. The van der Waals surface area contributed by atoms with E-state index in [0.717, 1.165) is 10.0 Å². The van der Waals surface area contributed by atoms with E-state index in [4.69, 9.17) is 5.26 Å². The van der Waals surface area contributed by atoms with Crippen LogP contribution in [0.4, 0.5) is 0 Å². The van der Waals surface area contributed by atoms with Gasteiger partial charge in [0.15, 0.2) is 0 Å². The molecule has 0 unspecified atom stereocenters. The lowest BCUT2D eigenvalue weighted by Crippen LogP contribution is -1.83. The molecule has 0 atom stereocenters. The van der Waals surface area contributed by atoms with Gasteiger partial charge < -0.3 is 0 Å². The van der Waals surface area contributed by atoms with Crippen molar-refractivity contribution in [3.8, 4) is 17.2 Å². The number of rotatable bonds is 1. The minimum absolute atomic E-state index is 0.685. The molecule has 0 aliphatic heterocycles. The van der Waals surface area contributed by atoms with Gasteiger partial charge in [-0.05, 0) is 40.1 Å². The number of hydrogen-bond donors (Lipinski definition) is 0. The zero-order chi connectivity index (χ0) is 13.2. The molecule has 2 heteroatoms. The van der Waals surface area contributed by atoms with Crippen LogP contribution in [0, 0.1) is 11.3 Å². The summed E-state index contributed by atoms with van der Waals surface area (Å²) in [5.74, 6) is 0. The summed E-state index contributed by atoms with van der Waals surface area (Å²) in [6, 6.07) is 22.3. The fourth-order valence-corrected chi connectivity index (χ4v) is 2.72. The minimum atomic E-state index is 0.685. The Morgan fingerprint density at radius 3 is 2.16 bits per heavy atom. The highest BCUT2D eigenvalue weighted by Gasteiger charge is 2.06. The van der Waals surface area contributed by atoms with Crippen molar-refractivity contribution in [1.82, 2.24) is 0 Å². The van der Waals surface area contributed by atoms with Crippen LogP contribution < -0.4 is 0 Å². The number of fused-ring (bicyclic) bond motifs is 1. The predicted octanol–water partition coefficient (Wildman–Crippen LogP) is 5.14. The van der Waals surface area contributed by atoms with Crippen LogP contribution in [0.25, 0.3) is 21.9 Å². The van der Waals surface area contributed by atoms with Crippen LogP contribution in [0.2, 0.25) is 0 Å². The Hall–Kier alpha value is -2.11. The molecule has 0 bridgehead atoms. The summed E-state index contributed by atoms with van der Waals surface area (Å²) in [5.41, 5.74) is 3.00. The first kappa shape index (κ1) is 12.0. The fourth-order valence-electron chi connectivity index (χ4n) is 2.24. The Morgan fingerprint density at radius 2 is 1.47 bits per heavy atom. The standard InChI is InChI=1S/C17H10BrN/c18-17-10-9-14(15-3-1-2-4-16(15)17)13-7-5-12(11-19)6-8-13/h1-10H. The molecule has 0 amide bonds. The summed E-state index contributed by atoms with van der Waals surface area (Å²) < 4.78 is 1.10. The quantitative estimate of drug-likeness (QED) is 0.610. The molecular formula is C17H10BrN. The lowest BCUT2D eigenvalue weighted by atomic mass is 9.98. The molecule has 3 aromatic carbocycles. The Balaban J connectivity index is 2.25. The maximum atomic E-state index is 8.85. The van der Waals surface area contributed by atoms with E-state index >= 15 is 0 Å². The maximum absolute atomic E-state index is 8.85.